The summed E-state index contributed by atoms with van der Waals surface area (Å²) in [6, 6.07) is 71.3. The highest BCUT2D eigenvalue weighted by Crippen LogP contribution is 2.64. The molecular formula is C49H32N2. The molecule has 0 radical (unpaired) electrons. The predicted octanol–water partition coefficient (Wildman–Crippen LogP) is 12.6. The number of para-hydroxylation sites is 3. The summed E-state index contributed by atoms with van der Waals surface area (Å²) < 4.78 is 2.39. The van der Waals surface area contributed by atoms with Gasteiger partial charge in [-0.15, -0.1) is 0 Å². The Hall–Kier alpha value is -6.64. The van der Waals surface area contributed by atoms with Gasteiger partial charge in [-0.25, -0.2) is 0 Å². The summed E-state index contributed by atoms with van der Waals surface area (Å²) >= 11 is 0. The van der Waals surface area contributed by atoms with Gasteiger partial charge in [0, 0.05) is 33.4 Å². The van der Waals surface area contributed by atoms with E-state index in [1.54, 1.807) is 0 Å². The topological polar surface area (TPSA) is 8.17 Å². The maximum Gasteiger partial charge on any atom is 0.0726 e. The number of anilines is 3. The van der Waals surface area contributed by atoms with Crippen LogP contribution >= 0.6 is 0 Å². The van der Waals surface area contributed by atoms with E-state index in [2.05, 4.69) is 204 Å². The molecule has 0 atom stereocenters. The van der Waals surface area contributed by atoms with E-state index in [0.29, 0.717) is 0 Å². The maximum absolute atomic E-state index is 2.44. The average molecular weight is 649 g/mol. The SMILES string of the molecule is c1ccc(N(c2ccc(-n3c4ccccc4c4ccccc43)cc2)c2cccc3c2-c2ccccc2C32c3ccccc3-c3ccccc32)cc1. The summed E-state index contributed by atoms with van der Waals surface area (Å²) in [4.78, 5) is 2.44. The molecule has 8 aromatic carbocycles. The fourth-order valence-electron chi connectivity index (χ4n) is 9.27. The van der Waals surface area contributed by atoms with Gasteiger partial charge in [0.05, 0.1) is 22.1 Å². The highest BCUT2D eigenvalue weighted by Gasteiger charge is 2.52. The lowest BCUT2D eigenvalue weighted by atomic mass is 9.70. The van der Waals surface area contributed by atoms with Crippen LogP contribution in [0, 0.1) is 0 Å². The normalized spacial score (nSPS) is 13.3. The molecule has 0 N–H and O–H groups in total. The van der Waals surface area contributed by atoms with Gasteiger partial charge in [-0.2, -0.15) is 0 Å². The van der Waals surface area contributed by atoms with Crippen molar-refractivity contribution in [3.05, 3.63) is 216 Å². The van der Waals surface area contributed by atoms with Gasteiger partial charge < -0.3 is 9.47 Å². The monoisotopic (exact) mass is 648 g/mol. The average Bonchev–Trinajstić information content (AvgIpc) is 3.81. The third-order valence-corrected chi connectivity index (χ3v) is 11.2. The van der Waals surface area contributed by atoms with Gasteiger partial charge in [0.25, 0.3) is 0 Å². The Kier molecular flexibility index (Phi) is 5.91. The lowest BCUT2D eigenvalue weighted by Crippen LogP contribution is -2.26. The first-order chi connectivity index (χ1) is 25.3. The lowest BCUT2D eigenvalue weighted by Gasteiger charge is -2.31. The quantitative estimate of drug-likeness (QED) is 0.184. The molecule has 2 heteroatoms. The second kappa shape index (κ2) is 10.7. The Morgan fingerprint density at radius 1 is 0.353 bits per heavy atom. The second-order valence-corrected chi connectivity index (χ2v) is 13.6. The number of benzene rings is 8. The van der Waals surface area contributed by atoms with Crippen molar-refractivity contribution in [1.29, 1.82) is 0 Å². The lowest BCUT2D eigenvalue weighted by molar-refractivity contribution is 0.794. The van der Waals surface area contributed by atoms with Gasteiger partial charge in [0.2, 0.25) is 0 Å². The van der Waals surface area contributed by atoms with E-state index in [1.807, 2.05) is 0 Å². The van der Waals surface area contributed by atoms with Crippen LogP contribution in [0.4, 0.5) is 17.1 Å². The van der Waals surface area contributed by atoms with Crippen molar-refractivity contribution in [2.24, 2.45) is 0 Å². The first-order valence-electron chi connectivity index (χ1n) is 17.7. The fraction of sp³-hybridized carbons (Fsp3) is 0.0204. The zero-order valence-electron chi connectivity index (χ0n) is 27.9. The molecule has 0 bridgehead atoms. The number of fused-ring (bicyclic) bond motifs is 13. The molecule has 2 aliphatic carbocycles. The van der Waals surface area contributed by atoms with Crippen LogP contribution in [-0.4, -0.2) is 4.57 Å². The van der Waals surface area contributed by atoms with Gasteiger partial charge >= 0.3 is 0 Å². The van der Waals surface area contributed by atoms with E-state index in [-0.39, 0.29) is 0 Å². The Morgan fingerprint density at radius 3 is 1.45 bits per heavy atom. The van der Waals surface area contributed by atoms with E-state index in [9.17, 15) is 0 Å². The number of rotatable bonds is 4. The molecule has 0 saturated carbocycles. The van der Waals surface area contributed by atoms with Crippen LogP contribution in [0.2, 0.25) is 0 Å². The molecule has 0 unspecified atom stereocenters. The molecule has 2 nitrogen and oxygen atoms in total. The zero-order valence-corrected chi connectivity index (χ0v) is 27.9. The molecule has 0 fully saturated rings. The van der Waals surface area contributed by atoms with E-state index < -0.39 is 5.41 Å². The number of nitrogens with zero attached hydrogens (tertiary/aromatic N) is 2. The summed E-state index contributed by atoms with van der Waals surface area (Å²) in [5.74, 6) is 0. The molecule has 1 heterocycles. The molecule has 11 rings (SSSR count). The van der Waals surface area contributed by atoms with Crippen molar-refractivity contribution < 1.29 is 0 Å². The van der Waals surface area contributed by atoms with Crippen LogP contribution in [0.15, 0.2) is 194 Å². The van der Waals surface area contributed by atoms with Crippen molar-refractivity contribution in [3.8, 4) is 27.9 Å². The molecule has 0 aliphatic heterocycles. The molecule has 0 amide bonds. The highest BCUT2D eigenvalue weighted by molar-refractivity contribution is 6.09. The van der Waals surface area contributed by atoms with Crippen molar-refractivity contribution in [2.75, 3.05) is 4.90 Å². The van der Waals surface area contributed by atoms with E-state index in [4.69, 9.17) is 0 Å². The van der Waals surface area contributed by atoms with Crippen molar-refractivity contribution in [2.45, 2.75) is 5.41 Å². The van der Waals surface area contributed by atoms with E-state index in [0.717, 1.165) is 17.1 Å². The Morgan fingerprint density at radius 2 is 0.824 bits per heavy atom. The standard InChI is InChI=1S/C49H32N2/c1-2-15-33(16-3-1)50(34-29-31-35(32-30-34)51-45-26-12-7-19-38(45)39-20-8-13-27-46(39)51)47-28-14-25-44-48(47)40-21-6-11-24-43(40)49(44)41-22-9-4-17-36(41)37-18-5-10-23-42(37)49/h1-32H. The van der Waals surface area contributed by atoms with Crippen LogP contribution in [0.1, 0.15) is 22.3 Å². The van der Waals surface area contributed by atoms with Gasteiger partial charge in [-0.3, -0.25) is 0 Å². The van der Waals surface area contributed by atoms with Crippen LogP contribution < -0.4 is 4.90 Å². The molecule has 238 valence electrons. The minimum atomic E-state index is -0.391. The first-order valence-corrected chi connectivity index (χ1v) is 17.7. The van der Waals surface area contributed by atoms with Crippen molar-refractivity contribution in [3.63, 3.8) is 0 Å². The summed E-state index contributed by atoms with van der Waals surface area (Å²) in [6.45, 7) is 0. The summed E-state index contributed by atoms with van der Waals surface area (Å²) in [7, 11) is 0. The largest absolute Gasteiger partial charge is 0.310 e. The van der Waals surface area contributed by atoms with E-state index in [1.165, 1.54) is 72.0 Å². The van der Waals surface area contributed by atoms with Gasteiger partial charge in [0.1, 0.15) is 0 Å². The zero-order chi connectivity index (χ0) is 33.5. The smallest absolute Gasteiger partial charge is 0.0726 e. The molecule has 51 heavy (non-hydrogen) atoms. The maximum atomic E-state index is 2.44. The van der Waals surface area contributed by atoms with Crippen LogP contribution in [0.3, 0.4) is 0 Å². The third-order valence-electron chi connectivity index (χ3n) is 11.2. The van der Waals surface area contributed by atoms with E-state index >= 15 is 0 Å². The van der Waals surface area contributed by atoms with Crippen molar-refractivity contribution in [1.82, 2.24) is 4.57 Å². The Labute approximate surface area is 297 Å². The molecule has 9 aromatic rings. The minimum Gasteiger partial charge on any atom is -0.310 e. The van der Waals surface area contributed by atoms with Crippen LogP contribution in [-0.2, 0) is 5.41 Å². The molecular weight excluding hydrogens is 617 g/mol. The Balaban J connectivity index is 1.15. The summed E-state index contributed by atoms with van der Waals surface area (Å²) in [5, 5.41) is 2.54. The Bertz CT molecular complexity index is 2710. The molecule has 1 spiro atoms. The van der Waals surface area contributed by atoms with Gasteiger partial charge in [-0.05, 0) is 93.5 Å². The van der Waals surface area contributed by atoms with Gasteiger partial charge in [0.15, 0.2) is 0 Å². The summed E-state index contributed by atoms with van der Waals surface area (Å²) in [5.41, 5.74) is 17.2. The van der Waals surface area contributed by atoms with Gasteiger partial charge in [-0.1, -0.05) is 140 Å². The first kappa shape index (κ1) is 28.2. The number of hydrogen-bond acceptors (Lipinski definition) is 1. The molecule has 2 aliphatic rings. The predicted molar refractivity (Wildman–Crippen MR) is 212 cm³/mol. The van der Waals surface area contributed by atoms with Crippen LogP contribution in [0.25, 0.3) is 49.7 Å². The molecule has 1 aromatic heterocycles. The number of aromatic nitrogens is 1. The number of hydrogen-bond donors (Lipinski definition) is 0. The minimum absolute atomic E-state index is 0.391. The fourth-order valence-corrected chi connectivity index (χ4v) is 9.27. The van der Waals surface area contributed by atoms with Crippen LogP contribution in [0.5, 0.6) is 0 Å². The summed E-state index contributed by atoms with van der Waals surface area (Å²) in [6.07, 6.45) is 0. The molecule has 0 saturated heterocycles. The highest BCUT2D eigenvalue weighted by atomic mass is 15.1. The second-order valence-electron chi connectivity index (χ2n) is 13.6. The van der Waals surface area contributed by atoms with Crippen molar-refractivity contribution >= 4 is 38.9 Å². The third kappa shape index (κ3) is 3.76.